The topological polar surface area (TPSA) is 93.9 Å². The van der Waals surface area contributed by atoms with Gasteiger partial charge in [0.25, 0.3) is 15.9 Å². The highest BCUT2D eigenvalue weighted by Gasteiger charge is 2.33. The van der Waals surface area contributed by atoms with Crippen LogP contribution in [0.4, 0.5) is 10.1 Å². The standard InChI is InChI=1S/C22H16FNO6S2/c1-13-11-15(23)5-10-20(13)32(27,28)24(21(25)14-3-7-17(29-2)8-4-14)16-6-9-18-19(12-16)31-22(26)30-18/h3-12H,1-2H3. The molecule has 1 heterocycles. The lowest BCUT2D eigenvalue weighted by Crippen LogP contribution is -2.37. The lowest BCUT2D eigenvalue weighted by atomic mass is 10.2. The number of sulfonamides is 1. The zero-order valence-electron chi connectivity index (χ0n) is 16.9. The van der Waals surface area contributed by atoms with Gasteiger partial charge >= 0.3 is 4.94 Å². The number of fused-ring (bicyclic) bond motifs is 1. The molecular formula is C22H16FNO6S2. The number of methoxy groups -OCH3 is 1. The number of carbonyl (C=O) groups excluding carboxylic acids is 1. The van der Waals surface area contributed by atoms with Gasteiger partial charge < -0.3 is 9.15 Å². The smallest absolute Gasteiger partial charge is 0.396 e. The molecule has 10 heteroatoms. The molecule has 4 aromatic rings. The third-order valence-electron chi connectivity index (χ3n) is 4.73. The maximum Gasteiger partial charge on any atom is 0.396 e. The SMILES string of the molecule is COc1ccc(C(=O)N(c2ccc3oc(=O)sc3c2)S(=O)(=O)c2ccc(F)cc2C)cc1. The van der Waals surface area contributed by atoms with Crippen LogP contribution in [-0.2, 0) is 10.0 Å². The van der Waals surface area contributed by atoms with Crippen LogP contribution in [0.5, 0.6) is 5.75 Å². The van der Waals surface area contributed by atoms with Crippen LogP contribution in [0, 0.1) is 12.7 Å². The minimum absolute atomic E-state index is 0.0130. The van der Waals surface area contributed by atoms with Crippen molar-refractivity contribution in [2.24, 2.45) is 0 Å². The molecule has 0 atom stereocenters. The van der Waals surface area contributed by atoms with Crippen LogP contribution >= 0.6 is 11.3 Å². The minimum Gasteiger partial charge on any atom is -0.497 e. The normalized spacial score (nSPS) is 11.5. The molecule has 0 aliphatic rings. The maximum absolute atomic E-state index is 13.6. The molecule has 0 saturated heterocycles. The van der Waals surface area contributed by atoms with Crippen molar-refractivity contribution in [1.29, 1.82) is 0 Å². The molecule has 32 heavy (non-hydrogen) atoms. The first kappa shape index (κ1) is 21.7. The highest BCUT2D eigenvalue weighted by Crippen LogP contribution is 2.31. The fourth-order valence-electron chi connectivity index (χ4n) is 3.20. The highest BCUT2D eigenvalue weighted by atomic mass is 32.2. The van der Waals surface area contributed by atoms with Gasteiger partial charge in [-0.25, -0.2) is 17.6 Å². The lowest BCUT2D eigenvalue weighted by molar-refractivity contribution is 0.101. The third kappa shape index (κ3) is 3.90. The zero-order valence-corrected chi connectivity index (χ0v) is 18.5. The maximum atomic E-state index is 13.6. The summed E-state index contributed by atoms with van der Waals surface area (Å²) in [6, 6.07) is 13.3. The predicted octanol–water partition coefficient (Wildman–Crippen LogP) is 4.35. The molecule has 0 radical (unpaired) electrons. The van der Waals surface area contributed by atoms with E-state index >= 15 is 0 Å². The van der Waals surface area contributed by atoms with Crippen LogP contribution in [0.3, 0.4) is 0 Å². The van der Waals surface area contributed by atoms with Crippen LogP contribution in [0.1, 0.15) is 15.9 Å². The molecule has 0 aliphatic heterocycles. The molecule has 1 amide bonds. The van der Waals surface area contributed by atoms with Gasteiger partial charge in [-0.1, -0.05) is 11.3 Å². The Morgan fingerprint density at radius 2 is 1.78 bits per heavy atom. The van der Waals surface area contributed by atoms with Gasteiger partial charge in [0, 0.05) is 5.56 Å². The Morgan fingerprint density at radius 1 is 1.06 bits per heavy atom. The first-order chi connectivity index (χ1) is 15.2. The number of benzene rings is 3. The summed E-state index contributed by atoms with van der Waals surface area (Å²) in [6.45, 7) is 1.44. The molecule has 0 spiro atoms. The average molecular weight is 474 g/mol. The second-order valence-corrected chi connectivity index (χ2v) is 9.53. The van der Waals surface area contributed by atoms with E-state index in [4.69, 9.17) is 9.15 Å². The first-order valence-corrected chi connectivity index (χ1v) is 11.5. The number of amides is 1. The van der Waals surface area contributed by atoms with E-state index in [1.165, 1.54) is 56.5 Å². The van der Waals surface area contributed by atoms with Gasteiger partial charge in [0.1, 0.15) is 17.1 Å². The number of carbonyl (C=O) groups is 1. The Kier molecular flexibility index (Phi) is 5.57. The van der Waals surface area contributed by atoms with Crippen molar-refractivity contribution >= 4 is 43.2 Å². The molecule has 7 nitrogen and oxygen atoms in total. The Labute approximate surface area is 186 Å². The molecule has 0 saturated carbocycles. The molecule has 1 aromatic heterocycles. The van der Waals surface area contributed by atoms with E-state index in [2.05, 4.69) is 0 Å². The number of nitrogens with zero attached hydrogens (tertiary/aromatic N) is 1. The molecule has 4 rings (SSSR count). The van der Waals surface area contributed by atoms with E-state index < -0.39 is 26.7 Å². The Hall–Kier alpha value is -3.50. The average Bonchev–Trinajstić information content (AvgIpc) is 3.12. The fraction of sp³-hybridized carbons (Fsp3) is 0.0909. The summed E-state index contributed by atoms with van der Waals surface area (Å²) in [6.07, 6.45) is 0. The summed E-state index contributed by atoms with van der Waals surface area (Å²) in [5, 5.41) is 0. The van der Waals surface area contributed by atoms with Crippen LogP contribution in [0.2, 0.25) is 0 Å². The second kappa shape index (κ2) is 8.21. The number of halogens is 1. The van der Waals surface area contributed by atoms with Gasteiger partial charge in [-0.3, -0.25) is 4.79 Å². The number of anilines is 1. The number of hydrogen-bond donors (Lipinski definition) is 0. The van der Waals surface area contributed by atoms with E-state index in [1.54, 1.807) is 0 Å². The summed E-state index contributed by atoms with van der Waals surface area (Å²) in [5.41, 5.74) is 0.524. The second-order valence-electron chi connectivity index (χ2n) is 6.80. The van der Waals surface area contributed by atoms with E-state index in [9.17, 15) is 22.4 Å². The fourth-order valence-corrected chi connectivity index (χ4v) is 5.52. The molecule has 0 bridgehead atoms. The summed E-state index contributed by atoms with van der Waals surface area (Å²) in [7, 11) is -2.98. The van der Waals surface area contributed by atoms with E-state index in [0.29, 0.717) is 14.8 Å². The molecule has 164 valence electrons. The van der Waals surface area contributed by atoms with Gasteiger partial charge in [0.15, 0.2) is 0 Å². The number of hydrogen-bond acceptors (Lipinski definition) is 7. The molecule has 0 unspecified atom stereocenters. The van der Waals surface area contributed by atoms with Gasteiger partial charge in [0.05, 0.1) is 22.4 Å². The quantitative estimate of drug-likeness (QED) is 0.428. The van der Waals surface area contributed by atoms with Gasteiger partial charge in [-0.15, -0.1) is 0 Å². The zero-order chi connectivity index (χ0) is 23.0. The van der Waals surface area contributed by atoms with E-state index in [0.717, 1.165) is 29.5 Å². The first-order valence-electron chi connectivity index (χ1n) is 9.24. The van der Waals surface area contributed by atoms with Crippen LogP contribution < -0.4 is 14.0 Å². The third-order valence-corrected chi connectivity index (χ3v) is 7.39. The van der Waals surface area contributed by atoms with E-state index in [-0.39, 0.29) is 27.3 Å². The summed E-state index contributed by atoms with van der Waals surface area (Å²) in [4.78, 5) is 24.2. The molecule has 0 N–H and O–H groups in total. The largest absolute Gasteiger partial charge is 0.497 e. The van der Waals surface area contributed by atoms with Crippen molar-refractivity contribution in [2.75, 3.05) is 11.4 Å². The van der Waals surface area contributed by atoms with Crippen LogP contribution in [-0.4, -0.2) is 21.4 Å². The van der Waals surface area contributed by atoms with Crippen molar-refractivity contribution < 1.29 is 26.8 Å². The van der Waals surface area contributed by atoms with Crippen LogP contribution in [0.15, 0.2) is 74.8 Å². The van der Waals surface area contributed by atoms with Gasteiger partial charge in [-0.05, 0) is 73.2 Å². The molecule has 0 fully saturated rings. The van der Waals surface area contributed by atoms with Crippen molar-refractivity contribution in [1.82, 2.24) is 0 Å². The van der Waals surface area contributed by atoms with Crippen molar-refractivity contribution in [3.63, 3.8) is 0 Å². The Balaban J connectivity index is 1.91. The monoisotopic (exact) mass is 473 g/mol. The summed E-state index contributed by atoms with van der Waals surface area (Å²) in [5.74, 6) is -0.930. The lowest BCUT2D eigenvalue weighted by Gasteiger charge is -2.23. The van der Waals surface area contributed by atoms with Crippen molar-refractivity contribution in [2.45, 2.75) is 11.8 Å². The van der Waals surface area contributed by atoms with E-state index in [1.807, 2.05) is 0 Å². The number of rotatable bonds is 5. The Bertz CT molecular complexity index is 1490. The number of aryl methyl sites for hydroxylation is 1. The number of ether oxygens (including phenoxy) is 1. The van der Waals surface area contributed by atoms with Crippen molar-refractivity contribution in [3.8, 4) is 5.75 Å². The minimum atomic E-state index is -4.44. The Morgan fingerprint density at radius 3 is 2.44 bits per heavy atom. The van der Waals surface area contributed by atoms with Gasteiger partial charge in [0.2, 0.25) is 0 Å². The molecule has 3 aromatic carbocycles. The van der Waals surface area contributed by atoms with Crippen molar-refractivity contribution in [3.05, 3.63) is 87.3 Å². The molecule has 0 aliphatic carbocycles. The molecular weight excluding hydrogens is 457 g/mol. The van der Waals surface area contributed by atoms with Crippen LogP contribution in [0.25, 0.3) is 10.3 Å². The summed E-state index contributed by atoms with van der Waals surface area (Å²) < 4.78 is 52.0. The highest BCUT2D eigenvalue weighted by molar-refractivity contribution is 7.93. The predicted molar refractivity (Wildman–Crippen MR) is 118 cm³/mol. The summed E-state index contributed by atoms with van der Waals surface area (Å²) >= 11 is 0.787. The van der Waals surface area contributed by atoms with Gasteiger partial charge in [-0.2, -0.15) is 4.31 Å².